The molecule has 1 aromatic rings. The summed E-state index contributed by atoms with van der Waals surface area (Å²) in [7, 11) is 0. The molecule has 100 valence electrons. The number of aldehydes is 1. The highest BCUT2D eigenvalue weighted by atomic mass is 35.5. The molecule has 0 bridgehead atoms. The zero-order chi connectivity index (χ0) is 13.7. The van der Waals surface area contributed by atoms with Gasteiger partial charge < -0.3 is 15.0 Å². The van der Waals surface area contributed by atoms with Crippen molar-refractivity contribution in [1.29, 1.82) is 0 Å². The van der Waals surface area contributed by atoms with Crippen molar-refractivity contribution in [2.24, 2.45) is 0 Å². The fourth-order valence-electron chi connectivity index (χ4n) is 1.95. The standard InChI is InChI=1S/C14H15ClN2O2/c15-12-3-1-2-11(8-12)4-5-14(19)17-7-6-16-13(9-17)10-18/h1-5,8,10,13,16H,6-7,9H2/b5-4+. The van der Waals surface area contributed by atoms with Crippen molar-refractivity contribution in [3.63, 3.8) is 0 Å². The summed E-state index contributed by atoms with van der Waals surface area (Å²) in [5, 5.41) is 3.67. The molecular weight excluding hydrogens is 264 g/mol. The summed E-state index contributed by atoms with van der Waals surface area (Å²) in [6.45, 7) is 1.67. The number of benzene rings is 1. The average Bonchev–Trinajstić information content (AvgIpc) is 2.45. The number of nitrogens with one attached hydrogen (secondary N) is 1. The molecule has 1 aliphatic heterocycles. The molecule has 0 aliphatic carbocycles. The van der Waals surface area contributed by atoms with E-state index in [1.807, 2.05) is 12.1 Å². The quantitative estimate of drug-likeness (QED) is 0.671. The monoisotopic (exact) mass is 278 g/mol. The van der Waals surface area contributed by atoms with Gasteiger partial charge in [-0.15, -0.1) is 0 Å². The minimum atomic E-state index is -0.266. The zero-order valence-corrected chi connectivity index (χ0v) is 11.1. The van der Waals surface area contributed by atoms with Gasteiger partial charge in [-0.05, 0) is 23.8 Å². The first-order valence-corrected chi connectivity index (χ1v) is 6.48. The Kier molecular flexibility index (Phi) is 4.71. The lowest BCUT2D eigenvalue weighted by Gasteiger charge is -2.30. The lowest BCUT2D eigenvalue weighted by atomic mass is 10.2. The molecule has 1 fully saturated rings. The molecule has 1 unspecified atom stereocenters. The zero-order valence-electron chi connectivity index (χ0n) is 10.4. The molecule has 0 aromatic heterocycles. The molecule has 0 spiro atoms. The molecule has 5 heteroatoms. The van der Waals surface area contributed by atoms with Crippen LogP contribution in [-0.2, 0) is 9.59 Å². The topological polar surface area (TPSA) is 49.4 Å². The van der Waals surface area contributed by atoms with Crippen LogP contribution in [0.5, 0.6) is 0 Å². The van der Waals surface area contributed by atoms with Crippen molar-refractivity contribution in [2.75, 3.05) is 19.6 Å². The maximum atomic E-state index is 12.0. The van der Waals surface area contributed by atoms with Gasteiger partial charge in [0, 0.05) is 30.7 Å². The van der Waals surface area contributed by atoms with Crippen molar-refractivity contribution in [1.82, 2.24) is 10.2 Å². The third-order valence-electron chi connectivity index (χ3n) is 2.95. The van der Waals surface area contributed by atoms with Gasteiger partial charge in [0.25, 0.3) is 0 Å². The number of hydrogen-bond acceptors (Lipinski definition) is 3. The maximum absolute atomic E-state index is 12.0. The minimum Gasteiger partial charge on any atom is -0.336 e. The van der Waals surface area contributed by atoms with Gasteiger partial charge in [-0.25, -0.2) is 0 Å². The lowest BCUT2D eigenvalue weighted by Crippen LogP contribution is -2.52. The number of halogens is 1. The molecule has 1 aliphatic rings. The number of piperazine rings is 1. The second kappa shape index (κ2) is 6.50. The third-order valence-corrected chi connectivity index (χ3v) is 3.18. The second-order valence-corrected chi connectivity index (χ2v) is 4.81. The van der Waals surface area contributed by atoms with Crippen LogP contribution < -0.4 is 5.32 Å². The molecule has 1 N–H and O–H groups in total. The van der Waals surface area contributed by atoms with E-state index in [1.54, 1.807) is 23.1 Å². The fraction of sp³-hybridized carbons (Fsp3) is 0.286. The minimum absolute atomic E-state index is 0.0895. The van der Waals surface area contributed by atoms with E-state index in [4.69, 9.17) is 11.6 Å². The van der Waals surface area contributed by atoms with Crippen LogP contribution in [0.15, 0.2) is 30.3 Å². The normalized spacial score (nSPS) is 19.6. The Bertz CT molecular complexity index is 502. The molecule has 19 heavy (non-hydrogen) atoms. The molecule has 1 saturated heterocycles. The Hall–Kier alpha value is -1.65. The number of rotatable bonds is 3. The summed E-state index contributed by atoms with van der Waals surface area (Å²) in [6, 6.07) is 7.02. The molecule has 1 atom stereocenters. The largest absolute Gasteiger partial charge is 0.336 e. The smallest absolute Gasteiger partial charge is 0.246 e. The molecule has 1 heterocycles. The summed E-state index contributed by atoms with van der Waals surface area (Å²) in [5.74, 6) is -0.0895. The van der Waals surface area contributed by atoms with Gasteiger partial charge >= 0.3 is 0 Å². The Morgan fingerprint density at radius 2 is 2.32 bits per heavy atom. The molecule has 1 aromatic carbocycles. The van der Waals surface area contributed by atoms with Gasteiger partial charge in [-0.1, -0.05) is 23.7 Å². The van der Waals surface area contributed by atoms with E-state index in [1.165, 1.54) is 6.08 Å². The molecule has 2 rings (SSSR count). The molecule has 0 saturated carbocycles. The SMILES string of the molecule is O=CC1CN(C(=O)/C=C/c2cccc(Cl)c2)CCN1. The summed E-state index contributed by atoms with van der Waals surface area (Å²) < 4.78 is 0. The Labute approximate surface area is 117 Å². The van der Waals surface area contributed by atoms with Crippen LogP contribution >= 0.6 is 11.6 Å². The Morgan fingerprint density at radius 3 is 3.05 bits per heavy atom. The number of amides is 1. The highest BCUT2D eigenvalue weighted by Gasteiger charge is 2.20. The van der Waals surface area contributed by atoms with Crippen LogP contribution in [0.1, 0.15) is 5.56 Å². The van der Waals surface area contributed by atoms with Crippen LogP contribution in [0.25, 0.3) is 6.08 Å². The van der Waals surface area contributed by atoms with Gasteiger partial charge in [-0.2, -0.15) is 0 Å². The highest BCUT2D eigenvalue weighted by Crippen LogP contribution is 2.12. The first-order chi connectivity index (χ1) is 9.19. The van der Waals surface area contributed by atoms with Crippen LogP contribution in [-0.4, -0.2) is 42.8 Å². The van der Waals surface area contributed by atoms with Crippen LogP contribution in [0.3, 0.4) is 0 Å². The van der Waals surface area contributed by atoms with Gasteiger partial charge in [0.2, 0.25) is 5.91 Å². The second-order valence-electron chi connectivity index (χ2n) is 4.37. The third kappa shape index (κ3) is 3.91. The first-order valence-electron chi connectivity index (χ1n) is 6.10. The van der Waals surface area contributed by atoms with Crippen LogP contribution in [0.2, 0.25) is 5.02 Å². The molecule has 1 amide bonds. The van der Waals surface area contributed by atoms with Crippen LogP contribution in [0, 0.1) is 0 Å². The van der Waals surface area contributed by atoms with E-state index in [9.17, 15) is 9.59 Å². The van der Waals surface area contributed by atoms with E-state index in [2.05, 4.69) is 5.32 Å². The van der Waals surface area contributed by atoms with E-state index >= 15 is 0 Å². The number of hydrogen-bond donors (Lipinski definition) is 1. The average molecular weight is 279 g/mol. The van der Waals surface area contributed by atoms with Gasteiger partial charge in [-0.3, -0.25) is 4.79 Å². The molecule has 4 nitrogen and oxygen atoms in total. The van der Waals surface area contributed by atoms with Gasteiger partial charge in [0.1, 0.15) is 6.29 Å². The molecular formula is C14H15ClN2O2. The Balaban J connectivity index is 1.98. The van der Waals surface area contributed by atoms with E-state index < -0.39 is 0 Å². The van der Waals surface area contributed by atoms with Crippen LogP contribution in [0.4, 0.5) is 0 Å². The van der Waals surface area contributed by atoms with Crippen molar-refractivity contribution in [2.45, 2.75) is 6.04 Å². The number of carbonyl (C=O) groups excluding carboxylic acids is 2. The summed E-state index contributed by atoms with van der Waals surface area (Å²) in [5.41, 5.74) is 0.878. The van der Waals surface area contributed by atoms with Gasteiger partial charge in [0.15, 0.2) is 0 Å². The lowest BCUT2D eigenvalue weighted by molar-refractivity contribution is -0.127. The van der Waals surface area contributed by atoms with Crippen molar-refractivity contribution in [3.8, 4) is 0 Å². The van der Waals surface area contributed by atoms with Gasteiger partial charge in [0.05, 0.1) is 6.04 Å². The van der Waals surface area contributed by atoms with E-state index in [0.29, 0.717) is 24.7 Å². The van der Waals surface area contributed by atoms with Crippen molar-refractivity contribution in [3.05, 3.63) is 40.9 Å². The van der Waals surface area contributed by atoms with Crippen molar-refractivity contribution >= 4 is 29.9 Å². The molecule has 0 radical (unpaired) electrons. The maximum Gasteiger partial charge on any atom is 0.246 e. The predicted molar refractivity (Wildman–Crippen MR) is 74.9 cm³/mol. The first kappa shape index (κ1) is 13.8. The predicted octanol–water partition coefficient (Wildman–Crippen LogP) is 1.35. The summed E-state index contributed by atoms with van der Waals surface area (Å²) >= 11 is 5.87. The van der Waals surface area contributed by atoms with E-state index in [-0.39, 0.29) is 11.9 Å². The number of carbonyl (C=O) groups is 2. The highest BCUT2D eigenvalue weighted by molar-refractivity contribution is 6.30. The summed E-state index contributed by atoms with van der Waals surface area (Å²) in [6.07, 6.45) is 4.07. The fourth-order valence-corrected chi connectivity index (χ4v) is 2.15. The van der Waals surface area contributed by atoms with Crippen molar-refractivity contribution < 1.29 is 9.59 Å². The summed E-state index contributed by atoms with van der Waals surface area (Å²) in [4.78, 5) is 24.4. The number of nitrogens with zero attached hydrogens (tertiary/aromatic N) is 1. The van der Waals surface area contributed by atoms with E-state index in [0.717, 1.165) is 11.8 Å². The Morgan fingerprint density at radius 1 is 1.47 bits per heavy atom.